The van der Waals surface area contributed by atoms with Gasteiger partial charge in [0, 0.05) is 17.1 Å². The molecule has 1 aliphatic heterocycles. The molecule has 2 aromatic rings. The zero-order chi connectivity index (χ0) is 20.8. The molecule has 1 fully saturated rings. The van der Waals surface area contributed by atoms with Gasteiger partial charge in [-0.3, -0.25) is 14.5 Å². The number of methoxy groups -OCH3 is 1. The largest absolute Gasteiger partial charge is 0.497 e. The lowest BCUT2D eigenvalue weighted by atomic mass is 10.1. The van der Waals surface area contributed by atoms with Gasteiger partial charge >= 0.3 is 6.03 Å². The van der Waals surface area contributed by atoms with Crippen LogP contribution in [-0.2, 0) is 16.0 Å². The van der Waals surface area contributed by atoms with Crippen LogP contribution < -0.4 is 15.4 Å². The Morgan fingerprint density at radius 3 is 2.66 bits per heavy atom. The van der Waals surface area contributed by atoms with Gasteiger partial charge in [-0.25, -0.2) is 4.79 Å². The number of carbonyl (C=O) groups excluding carboxylic acids is 3. The SMILES string of the molecule is COc1ccc(CCN2C(=O)NC(CC(=O)Nc3cccc(SC)c3)C2=O)cc1. The van der Waals surface area contributed by atoms with Crippen molar-refractivity contribution in [3.05, 3.63) is 54.1 Å². The number of amides is 4. The fourth-order valence-corrected chi connectivity index (χ4v) is 3.52. The molecule has 0 spiro atoms. The summed E-state index contributed by atoms with van der Waals surface area (Å²) >= 11 is 1.57. The van der Waals surface area contributed by atoms with Gasteiger partial charge in [0.15, 0.2) is 0 Å². The van der Waals surface area contributed by atoms with Crippen LogP contribution in [0.4, 0.5) is 10.5 Å². The van der Waals surface area contributed by atoms with E-state index in [0.717, 1.165) is 21.1 Å². The minimum Gasteiger partial charge on any atom is -0.497 e. The highest BCUT2D eigenvalue weighted by Gasteiger charge is 2.38. The molecule has 152 valence electrons. The van der Waals surface area contributed by atoms with Crippen molar-refractivity contribution in [1.29, 1.82) is 0 Å². The molecule has 0 aliphatic carbocycles. The quantitative estimate of drug-likeness (QED) is 0.513. The second-order valence-electron chi connectivity index (χ2n) is 6.57. The molecular formula is C21H23N3O4S. The van der Waals surface area contributed by atoms with Gasteiger partial charge in [-0.2, -0.15) is 0 Å². The average Bonchev–Trinajstić information content (AvgIpc) is 2.99. The Kier molecular flexibility index (Phi) is 6.77. The predicted octanol–water partition coefficient (Wildman–Crippen LogP) is 2.91. The maximum atomic E-state index is 12.6. The third kappa shape index (κ3) is 5.29. The number of hydrogen-bond acceptors (Lipinski definition) is 5. The Balaban J connectivity index is 1.54. The van der Waals surface area contributed by atoms with Gasteiger partial charge in [0.2, 0.25) is 5.91 Å². The van der Waals surface area contributed by atoms with E-state index in [1.807, 2.05) is 48.7 Å². The normalized spacial score (nSPS) is 15.9. The van der Waals surface area contributed by atoms with E-state index in [1.165, 1.54) is 0 Å². The Labute approximate surface area is 173 Å². The van der Waals surface area contributed by atoms with Crippen LogP contribution in [0.2, 0.25) is 0 Å². The lowest BCUT2D eigenvalue weighted by molar-refractivity contribution is -0.129. The van der Waals surface area contributed by atoms with E-state index in [4.69, 9.17) is 4.74 Å². The van der Waals surface area contributed by atoms with Gasteiger partial charge in [-0.05, 0) is 48.6 Å². The summed E-state index contributed by atoms with van der Waals surface area (Å²) in [6.45, 7) is 0.255. The van der Waals surface area contributed by atoms with Crippen molar-refractivity contribution in [3.63, 3.8) is 0 Å². The van der Waals surface area contributed by atoms with Crippen LogP contribution in [0.5, 0.6) is 5.75 Å². The topological polar surface area (TPSA) is 87.7 Å². The van der Waals surface area contributed by atoms with Crippen molar-refractivity contribution < 1.29 is 19.1 Å². The Bertz CT molecular complexity index is 901. The zero-order valence-electron chi connectivity index (χ0n) is 16.3. The van der Waals surface area contributed by atoms with Crippen molar-refractivity contribution in [2.24, 2.45) is 0 Å². The van der Waals surface area contributed by atoms with Crippen molar-refractivity contribution in [3.8, 4) is 5.75 Å². The Hall–Kier alpha value is -3.00. The minimum atomic E-state index is -0.845. The smallest absolute Gasteiger partial charge is 0.324 e. The first-order valence-electron chi connectivity index (χ1n) is 9.19. The highest BCUT2D eigenvalue weighted by Crippen LogP contribution is 2.20. The van der Waals surface area contributed by atoms with Crippen LogP contribution in [0.1, 0.15) is 12.0 Å². The molecule has 3 rings (SSSR count). The molecule has 0 bridgehead atoms. The molecule has 1 saturated heterocycles. The number of benzene rings is 2. The van der Waals surface area contributed by atoms with Gasteiger partial charge in [-0.1, -0.05) is 18.2 Å². The van der Waals surface area contributed by atoms with Gasteiger partial charge in [0.25, 0.3) is 5.91 Å². The summed E-state index contributed by atoms with van der Waals surface area (Å²) in [6.07, 6.45) is 2.38. The van der Waals surface area contributed by atoms with E-state index in [1.54, 1.807) is 24.9 Å². The highest BCUT2D eigenvalue weighted by atomic mass is 32.2. The molecule has 2 aromatic carbocycles. The first kappa shape index (κ1) is 20.7. The molecule has 4 amide bonds. The van der Waals surface area contributed by atoms with Gasteiger partial charge in [-0.15, -0.1) is 11.8 Å². The van der Waals surface area contributed by atoms with Crippen molar-refractivity contribution >= 4 is 35.3 Å². The van der Waals surface area contributed by atoms with E-state index in [0.29, 0.717) is 12.1 Å². The summed E-state index contributed by atoms with van der Waals surface area (Å²) in [4.78, 5) is 39.2. The monoisotopic (exact) mass is 413 g/mol. The van der Waals surface area contributed by atoms with Crippen LogP contribution >= 0.6 is 11.8 Å². The van der Waals surface area contributed by atoms with Gasteiger partial charge in [0.05, 0.1) is 13.5 Å². The predicted molar refractivity (Wildman–Crippen MR) is 112 cm³/mol. The number of nitrogens with zero attached hydrogens (tertiary/aromatic N) is 1. The Morgan fingerprint density at radius 1 is 1.21 bits per heavy atom. The molecule has 29 heavy (non-hydrogen) atoms. The number of anilines is 1. The van der Waals surface area contributed by atoms with Crippen LogP contribution in [-0.4, -0.2) is 48.7 Å². The van der Waals surface area contributed by atoms with Crippen LogP contribution in [0.15, 0.2) is 53.4 Å². The molecule has 7 nitrogen and oxygen atoms in total. The van der Waals surface area contributed by atoms with Crippen molar-refractivity contribution in [2.75, 3.05) is 25.2 Å². The third-order valence-electron chi connectivity index (χ3n) is 4.63. The highest BCUT2D eigenvalue weighted by molar-refractivity contribution is 7.98. The number of hydrogen-bond donors (Lipinski definition) is 2. The Morgan fingerprint density at radius 2 is 1.97 bits per heavy atom. The van der Waals surface area contributed by atoms with E-state index in [9.17, 15) is 14.4 Å². The lowest BCUT2D eigenvalue weighted by Gasteiger charge is -2.13. The zero-order valence-corrected chi connectivity index (χ0v) is 17.1. The molecule has 0 radical (unpaired) electrons. The molecule has 1 unspecified atom stereocenters. The summed E-state index contributed by atoms with van der Waals surface area (Å²) in [5.74, 6) is 0.0494. The molecule has 0 aromatic heterocycles. The lowest BCUT2D eigenvalue weighted by Crippen LogP contribution is -2.34. The first-order chi connectivity index (χ1) is 14.0. The van der Waals surface area contributed by atoms with Gasteiger partial charge < -0.3 is 15.4 Å². The molecule has 1 aliphatic rings. The maximum Gasteiger partial charge on any atom is 0.324 e. The molecule has 2 N–H and O–H groups in total. The van der Waals surface area contributed by atoms with E-state index in [-0.39, 0.29) is 24.8 Å². The summed E-state index contributed by atoms with van der Waals surface area (Å²) in [6, 6.07) is 13.6. The van der Waals surface area contributed by atoms with Crippen LogP contribution in [0.3, 0.4) is 0 Å². The first-order valence-corrected chi connectivity index (χ1v) is 10.4. The average molecular weight is 413 g/mol. The van der Waals surface area contributed by atoms with E-state index < -0.39 is 12.1 Å². The second kappa shape index (κ2) is 9.47. The minimum absolute atomic E-state index is 0.104. The summed E-state index contributed by atoms with van der Waals surface area (Å²) in [5, 5.41) is 5.38. The van der Waals surface area contributed by atoms with Gasteiger partial charge in [0.1, 0.15) is 11.8 Å². The number of urea groups is 1. The van der Waals surface area contributed by atoms with Crippen LogP contribution in [0.25, 0.3) is 0 Å². The third-order valence-corrected chi connectivity index (χ3v) is 5.36. The van der Waals surface area contributed by atoms with E-state index in [2.05, 4.69) is 10.6 Å². The van der Waals surface area contributed by atoms with E-state index >= 15 is 0 Å². The maximum absolute atomic E-state index is 12.6. The summed E-state index contributed by atoms with van der Waals surface area (Å²) in [7, 11) is 1.60. The van der Waals surface area contributed by atoms with Crippen LogP contribution in [0, 0.1) is 0 Å². The number of thioether (sulfide) groups is 1. The number of rotatable bonds is 8. The number of nitrogens with one attached hydrogen (secondary N) is 2. The molecule has 1 atom stereocenters. The van der Waals surface area contributed by atoms with Crippen molar-refractivity contribution in [1.82, 2.24) is 10.2 Å². The molecular weight excluding hydrogens is 390 g/mol. The standard InChI is InChI=1S/C21H23N3O4S/c1-28-16-8-6-14(7-9-16)10-11-24-20(26)18(23-21(24)27)13-19(25)22-15-4-3-5-17(12-15)29-2/h3-9,12,18H,10-11,13H2,1-2H3,(H,22,25)(H,23,27). The number of imide groups is 1. The summed E-state index contributed by atoms with van der Waals surface area (Å²) in [5.41, 5.74) is 1.65. The molecule has 1 heterocycles. The molecule has 8 heteroatoms. The summed E-state index contributed by atoms with van der Waals surface area (Å²) < 4.78 is 5.12. The number of carbonyl (C=O) groups is 3. The van der Waals surface area contributed by atoms with Crippen molar-refractivity contribution in [2.45, 2.75) is 23.8 Å². The number of ether oxygens (including phenoxy) is 1. The fourth-order valence-electron chi connectivity index (χ4n) is 3.06. The second-order valence-corrected chi connectivity index (χ2v) is 7.45. The molecule has 0 saturated carbocycles. The fraction of sp³-hybridized carbons (Fsp3) is 0.286.